The van der Waals surface area contributed by atoms with Crippen LogP contribution in [0.3, 0.4) is 0 Å². The topological polar surface area (TPSA) is 70.5 Å². The molecule has 0 spiro atoms. The quantitative estimate of drug-likeness (QED) is 0.887. The minimum atomic E-state index is -0.939. The first-order valence-corrected chi connectivity index (χ1v) is 5.39. The summed E-state index contributed by atoms with van der Waals surface area (Å²) >= 11 is 5.84. The number of carbonyl (C=O) groups excluding carboxylic acids is 1. The highest BCUT2D eigenvalue weighted by atomic mass is 35.5. The van der Waals surface area contributed by atoms with Crippen LogP contribution in [0.5, 0.6) is 0 Å². The Kier molecular flexibility index (Phi) is 4.45. The molecule has 0 saturated heterocycles. The molecule has 1 rings (SSSR count). The second kappa shape index (κ2) is 5.63. The fourth-order valence-corrected chi connectivity index (χ4v) is 1.53. The number of carbonyl (C=O) groups is 2. The van der Waals surface area contributed by atoms with Gasteiger partial charge in [0.2, 0.25) is 0 Å². The number of hydrogen-bond acceptors (Lipinski definition) is 3. The Balaban J connectivity index is 2.77. The third-order valence-electron chi connectivity index (χ3n) is 2.32. The summed E-state index contributed by atoms with van der Waals surface area (Å²) in [6.07, 6.45) is 2.84. The van der Waals surface area contributed by atoms with Crippen molar-refractivity contribution in [2.24, 2.45) is 5.92 Å². The minimum absolute atomic E-state index is 0.132. The van der Waals surface area contributed by atoms with E-state index >= 15 is 0 Å². The molecule has 0 aliphatic carbocycles. The number of hydrogen-bond donors (Lipinski definition) is 1. The molecule has 1 heterocycles. The van der Waals surface area contributed by atoms with Gasteiger partial charge in [0.15, 0.2) is 0 Å². The summed E-state index contributed by atoms with van der Waals surface area (Å²) in [4.78, 5) is 27.7. The Morgan fingerprint density at radius 1 is 1.59 bits per heavy atom. The Bertz CT molecular complexity index is 436. The predicted molar refractivity (Wildman–Crippen MR) is 63.0 cm³/mol. The number of aromatic nitrogens is 1. The smallest absolute Gasteiger partial charge is 0.308 e. The summed E-state index contributed by atoms with van der Waals surface area (Å²) in [6.45, 7) is 1.67. The fourth-order valence-electron chi connectivity index (χ4n) is 1.33. The van der Waals surface area contributed by atoms with Crippen LogP contribution in [0.25, 0.3) is 0 Å². The van der Waals surface area contributed by atoms with Gasteiger partial charge in [-0.05, 0) is 6.07 Å². The Morgan fingerprint density at radius 3 is 2.76 bits per heavy atom. The number of amides is 1. The van der Waals surface area contributed by atoms with Gasteiger partial charge in [-0.15, -0.1) is 0 Å². The number of nitrogens with zero attached hydrogens (tertiary/aromatic N) is 2. The lowest BCUT2D eigenvalue weighted by Gasteiger charge is -2.19. The first-order valence-electron chi connectivity index (χ1n) is 5.01. The van der Waals surface area contributed by atoms with E-state index in [0.717, 1.165) is 0 Å². The molecule has 1 unspecified atom stereocenters. The number of pyridine rings is 1. The van der Waals surface area contributed by atoms with E-state index in [0.29, 0.717) is 5.56 Å². The van der Waals surface area contributed by atoms with Gasteiger partial charge in [-0.25, -0.2) is 0 Å². The number of carboxylic acids is 1. The number of rotatable bonds is 4. The van der Waals surface area contributed by atoms with Crippen molar-refractivity contribution in [1.29, 1.82) is 0 Å². The molecule has 0 aliphatic heterocycles. The number of aliphatic carboxylic acids is 1. The fraction of sp³-hybridized carbons (Fsp3) is 0.364. The Hall–Kier alpha value is -1.62. The van der Waals surface area contributed by atoms with Crippen molar-refractivity contribution in [2.75, 3.05) is 13.6 Å². The highest BCUT2D eigenvalue weighted by Crippen LogP contribution is 2.15. The molecule has 5 nitrogen and oxygen atoms in total. The molecular weight excluding hydrogens is 244 g/mol. The highest BCUT2D eigenvalue weighted by Gasteiger charge is 2.19. The van der Waals surface area contributed by atoms with Crippen LogP contribution >= 0.6 is 11.6 Å². The molecule has 1 amide bonds. The molecular formula is C11H13ClN2O3. The van der Waals surface area contributed by atoms with Gasteiger partial charge in [0, 0.05) is 26.0 Å². The maximum atomic E-state index is 11.9. The summed E-state index contributed by atoms with van der Waals surface area (Å²) in [7, 11) is 1.54. The van der Waals surface area contributed by atoms with Crippen LogP contribution < -0.4 is 0 Å². The van der Waals surface area contributed by atoms with E-state index < -0.39 is 11.9 Å². The lowest BCUT2D eigenvalue weighted by Crippen LogP contribution is -2.33. The summed E-state index contributed by atoms with van der Waals surface area (Å²) < 4.78 is 0. The summed E-state index contributed by atoms with van der Waals surface area (Å²) in [5.74, 6) is -1.87. The molecule has 0 fully saturated rings. The molecule has 0 saturated carbocycles. The van der Waals surface area contributed by atoms with Crippen LogP contribution in [0.1, 0.15) is 17.3 Å². The third kappa shape index (κ3) is 3.42. The van der Waals surface area contributed by atoms with Gasteiger partial charge in [0.05, 0.1) is 16.5 Å². The minimum Gasteiger partial charge on any atom is -0.481 e. The van der Waals surface area contributed by atoms with Gasteiger partial charge in [-0.3, -0.25) is 14.6 Å². The summed E-state index contributed by atoms with van der Waals surface area (Å²) in [5, 5.41) is 9.02. The maximum Gasteiger partial charge on any atom is 0.308 e. The van der Waals surface area contributed by atoms with Crippen LogP contribution in [0, 0.1) is 5.92 Å². The lowest BCUT2D eigenvalue weighted by atomic mass is 10.1. The molecule has 0 aromatic carbocycles. The first kappa shape index (κ1) is 13.4. The van der Waals surface area contributed by atoms with Gasteiger partial charge in [-0.2, -0.15) is 0 Å². The normalized spacial score (nSPS) is 11.9. The van der Waals surface area contributed by atoms with Crippen molar-refractivity contribution < 1.29 is 14.7 Å². The van der Waals surface area contributed by atoms with E-state index in [2.05, 4.69) is 4.98 Å². The van der Waals surface area contributed by atoms with Gasteiger partial charge >= 0.3 is 5.97 Å². The first-order chi connectivity index (χ1) is 7.93. The maximum absolute atomic E-state index is 11.9. The molecule has 92 valence electrons. The van der Waals surface area contributed by atoms with Gasteiger partial charge < -0.3 is 10.0 Å². The Labute approximate surface area is 104 Å². The van der Waals surface area contributed by atoms with Gasteiger partial charge in [-0.1, -0.05) is 18.5 Å². The van der Waals surface area contributed by atoms with Crippen LogP contribution in [0.4, 0.5) is 0 Å². The standard InChI is InChI=1S/C11H13ClN2O3/c1-7(11(16)17)6-14(2)10(15)8-3-4-13-5-9(8)12/h3-5,7H,6H2,1-2H3,(H,16,17). The zero-order valence-corrected chi connectivity index (χ0v) is 10.3. The summed E-state index contributed by atoms with van der Waals surface area (Å²) in [6, 6.07) is 1.51. The molecule has 1 N–H and O–H groups in total. The monoisotopic (exact) mass is 256 g/mol. The lowest BCUT2D eigenvalue weighted by molar-refractivity contribution is -0.141. The third-order valence-corrected chi connectivity index (χ3v) is 2.62. The molecule has 1 aromatic rings. The second-order valence-corrected chi connectivity index (χ2v) is 4.19. The van der Waals surface area contributed by atoms with E-state index in [1.165, 1.54) is 23.4 Å². The van der Waals surface area contributed by atoms with Crippen LogP contribution in [-0.2, 0) is 4.79 Å². The van der Waals surface area contributed by atoms with Crippen molar-refractivity contribution in [3.05, 3.63) is 29.0 Å². The highest BCUT2D eigenvalue weighted by molar-refractivity contribution is 6.33. The van der Waals surface area contributed by atoms with E-state index in [9.17, 15) is 9.59 Å². The molecule has 1 atom stereocenters. The Morgan fingerprint density at radius 2 is 2.24 bits per heavy atom. The average molecular weight is 257 g/mol. The zero-order chi connectivity index (χ0) is 13.0. The molecule has 6 heteroatoms. The largest absolute Gasteiger partial charge is 0.481 e. The van der Waals surface area contributed by atoms with E-state index in [1.54, 1.807) is 14.0 Å². The van der Waals surface area contributed by atoms with Crippen LogP contribution in [0.2, 0.25) is 5.02 Å². The average Bonchev–Trinajstić information content (AvgIpc) is 2.28. The van der Waals surface area contributed by atoms with Gasteiger partial charge in [0.25, 0.3) is 5.91 Å². The van der Waals surface area contributed by atoms with E-state index in [1.807, 2.05) is 0 Å². The van der Waals surface area contributed by atoms with Crippen molar-refractivity contribution >= 4 is 23.5 Å². The van der Waals surface area contributed by atoms with Crippen molar-refractivity contribution in [3.8, 4) is 0 Å². The van der Waals surface area contributed by atoms with Crippen molar-refractivity contribution in [3.63, 3.8) is 0 Å². The number of carboxylic acid groups (broad SMARTS) is 1. The van der Waals surface area contributed by atoms with Crippen LogP contribution in [0.15, 0.2) is 18.5 Å². The van der Waals surface area contributed by atoms with Gasteiger partial charge in [0.1, 0.15) is 0 Å². The molecule has 0 aliphatic rings. The van der Waals surface area contributed by atoms with E-state index in [4.69, 9.17) is 16.7 Å². The second-order valence-electron chi connectivity index (χ2n) is 3.78. The number of halogens is 1. The summed E-state index contributed by atoms with van der Waals surface area (Å²) in [5.41, 5.74) is 0.321. The van der Waals surface area contributed by atoms with Crippen molar-refractivity contribution in [2.45, 2.75) is 6.92 Å². The SMILES string of the molecule is CC(CN(C)C(=O)c1ccncc1Cl)C(=O)O. The predicted octanol–water partition coefficient (Wildman–Crippen LogP) is 1.53. The molecule has 17 heavy (non-hydrogen) atoms. The molecule has 1 aromatic heterocycles. The van der Waals surface area contributed by atoms with Crippen molar-refractivity contribution in [1.82, 2.24) is 9.88 Å². The molecule has 0 radical (unpaired) electrons. The van der Waals surface area contributed by atoms with Crippen LogP contribution in [-0.4, -0.2) is 40.5 Å². The molecule has 0 bridgehead atoms. The zero-order valence-electron chi connectivity index (χ0n) is 9.55. The van der Waals surface area contributed by atoms with E-state index in [-0.39, 0.29) is 17.5 Å².